The number of rotatable bonds is 5. The summed E-state index contributed by atoms with van der Waals surface area (Å²) in [6.07, 6.45) is 21.6. The zero-order chi connectivity index (χ0) is 32.9. The van der Waals surface area contributed by atoms with Crippen molar-refractivity contribution in [3.8, 4) is 18.1 Å². The van der Waals surface area contributed by atoms with Crippen LogP contribution in [0.2, 0.25) is 0 Å². The van der Waals surface area contributed by atoms with Gasteiger partial charge in [-0.1, -0.05) is 48.7 Å². The maximum absolute atomic E-state index is 12.2. The highest BCUT2D eigenvalue weighted by Crippen LogP contribution is 2.67. The van der Waals surface area contributed by atoms with Gasteiger partial charge in [0.2, 0.25) is 5.78 Å². The Kier molecular flexibility index (Phi) is 8.23. The fraction of sp³-hybridized carbons (Fsp3) is 0.462. The van der Waals surface area contributed by atoms with E-state index in [1.807, 2.05) is 18.3 Å². The maximum atomic E-state index is 12.2. The van der Waals surface area contributed by atoms with Crippen LogP contribution in [0.1, 0.15) is 75.2 Å². The molecular weight excluding hydrogens is 578 g/mol. The molecule has 3 saturated carbocycles. The summed E-state index contributed by atoms with van der Waals surface area (Å²) in [5, 5.41) is 15.1. The van der Waals surface area contributed by atoms with E-state index in [1.165, 1.54) is 31.2 Å². The number of fused-ring (bicyclic) bond motifs is 6. The Hall–Kier alpha value is -4.15. The Bertz CT molecular complexity index is 1690. The van der Waals surface area contributed by atoms with Gasteiger partial charge in [-0.05, 0) is 98.0 Å². The van der Waals surface area contributed by atoms with Gasteiger partial charge in [0.05, 0.1) is 20.4 Å². The molecule has 7 atom stereocenters. The van der Waals surface area contributed by atoms with Crippen LogP contribution < -0.4 is 4.74 Å². The van der Waals surface area contributed by atoms with Crippen LogP contribution in [0, 0.1) is 40.9 Å². The molecule has 7 nitrogen and oxygen atoms in total. The van der Waals surface area contributed by atoms with Crippen LogP contribution in [0.25, 0.3) is 6.08 Å². The van der Waals surface area contributed by atoms with Crippen LogP contribution in [0.5, 0.6) is 5.75 Å². The van der Waals surface area contributed by atoms with Gasteiger partial charge in [0.25, 0.3) is 0 Å². The number of hydrogen-bond acceptors (Lipinski definition) is 7. The van der Waals surface area contributed by atoms with Crippen molar-refractivity contribution in [2.45, 2.75) is 70.3 Å². The molecule has 1 aromatic carbocycles. The summed E-state index contributed by atoms with van der Waals surface area (Å²) in [4.78, 5) is 24.0. The number of carbonyl (C=O) groups excluding carboxylic acids is 2. The third-order valence-electron chi connectivity index (χ3n) is 12.0. The minimum atomic E-state index is -0.909. The molecule has 7 heteroatoms. The van der Waals surface area contributed by atoms with E-state index in [4.69, 9.17) is 20.4 Å². The molecule has 2 aromatic rings. The summed E-state index contributed by atoms with van der Waals surface area (Å²) in [6, 6.07) is 7.30. The Morgan fingerprint density at radius 2 is 1.78 bits per heavy atom. The average Bonchev–Trinajstić information content (AvgIpc) is 3.62. The zero-order valence-corrected chi connectivity index (χ0v) is 27.2. The van der Waals surface area contributed by atoms with Gasteiger partial charge in [0, 0.05) is 28.5 Å². The highest BCUT2D eigenvalue weighted by Gasteiger charge is 2.63. The normalized spacial score (nSPS) is 33.2. The topological polar surface area (TPSA) is 98.9 Å². The first-order chi connectivity index (χ1) is 22.0. The number of aromatic nitrogens is 1. The predicted molar refractivity (Wildman–Crippen MR) is 175 cm³/mol. The Labute approximate surface area is 271 Å². The van der Waals surface area contributed by atoms with Crippen LogP contribution in [0.15, 0.2) is 76.7 Å². The quantitative estimate of drug-likeness (QED) is 0.223. The smallest absolute Gasteiger partial charge is 0.220 e. The average molecular weight is 622 g/mol. The lowest BCUT2D eigenvalue weighted by Crippen LogP contribution is -2.54. The number of carbonyl (C=O) groups is 2. The molecule has 0 radical (unpaired) electrons. The Morgan fingerprint density at radius 1 is 1.04 bits per heavy atom. The van der Waals surface area contributed by atoms with E-state index in [1.54, 1.807) is 30.9 Å². The van der Waals surface area contributed by atoms with Crippen LogP contribution in [0.4, 0.5) is 0 Å². The van der Waals surface area contributed by atoms with Gasteiger partial charge >= 0.3 is 0 Å². The molecule has 46 heavy (non-hydrogen) atoms. The summed E-state index contributed by atoms with van der Waals surface area (Å²) in [5.41, 5.74) is 3.25. The van der Waals surface area contributed by atoms with Crippen molar-refractivity contribution in [3.05, 3.63) is 89.1 Å². The van der Waals surface area contributed by atoms with Crippen molar-refractivity contribution in [1.29, 1.82) is 0 Å². The number of aliphatic hydroxyl groups is 1. The molecule has 7 rings (SSSR count). The monoisotopic (exact) mass is 621 g/mol. The third kappa shape index (κ3) is 4.98. The first-order valence-corrected chi connectivity index (χ1v) is 16.2. The number of benzene rings is 1. The lowest BCUT2D eigenvalue weighted by atomic mass is 9.46. The van der Waals surface area contributed by atoms with Gasteiger partial charge in [-0.2, -0.15) is 0 Å². The fourth-order valence-electron chi connectivity index (χ4n) is 9.35. The molecule has 0 spiro atoms. The fourth-order valence-corrected chi connectivity index (χ4v) is 9.35. The number of allylic oxidation sites excluding steroid dienone is 5. The Balaban J connectivity index is 0.000000165. The van der Waals surface area contributed by atoms with Gasteiger partial charge in [-0.25, -0.2) is 0 Å². The zero-order valence-electron chi connectivity index (χ0n) is 27.2. The van der Waals surface area contributed by atoms with E-state index >= 15 is 0 Å². The number of ether oxygens (including phenoxy) is 2. The summed E-state index contributed by atoms with van der Waals surface area (Å²) in [5.74, 6) is 5.52. The molecule has 240 valence electrons. The largest absolute Gasteiger partial charge is 0.497 e. The second-order valence-electron chi connectivity index (χ2n) is 13.9. The Morgan fingerprint density at radius 3 is 2.46 bits per heavy atom. The van der Waals surface area contributed by atoms with Gasteiger partial charge < -0.3 is 19.1 Å². The first kappa shape index (κ1) is 31.8. The number of hydrogen-bond donors (Lipinski definition) is 1. The molecule has 1 heterocycles. The van der Waals surface area contributed by atoms with Crippen molar-refractivity contribution in [3.63, 3.8) is 0 Å². The standard InChI is InChI=1S/C22H27NO2.C17H16O4/c1-4-22(24)10-8-18-16-6-5-15-11-19-14(13-23-25-19)12-20(15,2)17(16)7-9-21(18,22)3;1-4-13(11-5-7-12(20-2)8-6-11)14-9-16(19)17(21-3)10-15(14)18/h1,11,13,16-18,24H,5-10,12H2,2-3H3;4-10,13H,1H2,2-3H3. The summed E-state index contributed by atoms with van der Waals surface area (Å²) < 4.78 is 15.4. The molecule has 3 fully saturated rings. The highest BCUT2D eigenvalue weighted by molar-refractivity contribution is 6.19. The van der Waals surface area contributed by atoms with E-state index in [9.17, 15) is 14.7 Å². The van der Waals surface area contributed by atoms with Crippen molar-refractivity contribution in [1.82, 2.24) is 5.16 Å². The summed E-state index contributed by atoms with van der Waals surface area (Å²) in [6.45, 7) is 8.48. The van der Waals surface area contributed by atoms with Crippen LogP contribution in [-0.4, -0.2) is 41.7 Å². The SMILES string of the molecule is C#CC1(O)CCC2C3CCC4=Cc5oncc5CC4(C)C3CCC21C.C=CC(C1=CC(=O)C(OC)=CC1=O)c1ccc(OC)cc1. The number of ketones is 2. The number of terminal acetylenes is 1. The summed E-state index contributed by atoms with van der Waals surface area (Å²) >= 11 is 0. The third-order valence-corrected chi connectivity index (χ3v) is 12.0. The van der Waals surface area contributed by atoms with E-state index in [-0.39, 0.29) is 34.1 Å². The second-order valence-corrected chi connectivity index (χ2v) is 13.9. The molecule has 1 N–H and O–H groups in total. The minimum absolute atomic E-state index is 0.0568. The molecule has 0 aliphatic heterocycles. The molecule has 5 aliphatic rings. The maximum Gasteiger partial charge on any atom is 0.220 e. The highest BCUT2D eigenvalue weighted by atomic mass is 16.5. The molecule has 0 saturated heterocycles. The van der Waals surface area contributed by atoms with Crippen LogP contribution in [0.3, 0.4) is 0 Å². The van der Waals surface area contributed by atoms with Gasteiger partial charge in [0.1, 0.15) is 11.4 Å². The van der Waals surface area contributed by atoms with E-state index in [2.05, 4.69) is 37.6 Å². The van der Waals surface area contributed by atoms with Crippen molar-refractivity contribution in [2.75, 3.05) is 14.2 Å². The molecule has 5 aliphatic carbocycles. The van der Waals surface area contributed by atoms with E-state index in [0.29, 0.717) is 23.3 Å². The molecule has 7 unspecified atom stereocenters. The van der Waals surface area contributed by atoms with Crippen LogP contribution >= 0.6 is 0 Å². The second kappa shape index (κ2) is 11.9. The lowest BCUT2D eigenvalue weighted by molar-refractivity contribution is -0.117. The predicted octanol–water partition coefficient (Wildman–Crippen LogP) is 6.79. The molecule has 0 bridgehead atoms. The van der Waals surface area contributed by atoms with E-state index in [0.717, 1.165) is 55.6 Å². The minimum Gasteiger partial charge on any atom is -0.497 e. The first-order valence-electron chi connectivity index (χ1n) is 16.2. The molecule has 1 aromatic heterocycles. The molecule has 0 amide bonds. The van der Waals surface area contributed by atoms with Crippen molar-refractivity contribution in [2.24, 2.45) is 28.6 Å². The summed E-state index contributed by atoms with van der Waals surface area (Å²) in [7, 11) is 2.95. The van der Waals surface area contributed by atoms with Crippen molar-refractivity contribution >= 4 is 17.6 Å². The van der Waals surface area contributed by atoms with Gasteiger partial charge in [0.15, 0.2) is 17.3 Å². The molecular formula is C39H43NO6. The van der Waals surface area contributed by atoms with Gasteiger partial charge in [-0.15, -0.1) is 13.0 Å². The van der Waals surface area contributed by atoms with Gasteiger partial charge in [-0.3, -0.25) is 9.59 Å². The number of methoxy groups -OCH3 is 2. The van der Waals surface area contributed by atoms with E-state index < -0.39 is 5.60 Å². The van der Waals surface area contributed by atoms with Crippen molar-refractivity contribution < 1.29 is 28.7 Å². The number of nitrogens with zero attached hydrogens (tertiary/aromatic N) is 1. The van der Waals surface area contributed by atoms with Crippen LogP contribution in [-0.2, 0) is 20.7 Å². The lowest BCUT2D eigenvalue weighted by Gasteiger charge is -2.58.